The summed E-state index contributed by atoms with van der Waals surface area (Å²) in [5.41, 5.74) is 1.50. The Morgan fingerprint density at radius 1 is 1.37 bits per heavy atom. The largest absolute Gasteiger partial charge is 0.382 e. The van der Waals surface area contributed by atoms with Crippen molar-refractivity contribution >= 4 is 21.6 Å². The van der Waals surface area contributed by atoms with E-state index in [0.717, 1.165) is 12.0 Å². The van der Waals surface area contributed by atoms with Crippen molar-refractivity contribution in [3.63, 3.8) is 0 Å². The number of aryl methyl sites for hydroxylation is 1. The van der Waals surface area contributed by atoms with Gasteiger partial charge in [0.05, 0.1) is 11.9 Å². The van der Waals surface area contributed by atoms with Crippen molar-refractivity contribution < 1.29 is 4.39 Å². The lowest BCUT2D eigenvalue weighted by atomic mass is 10.1. The lowest BCUT2D eigenvalue weighted by Gasteiger charge is -2.08. The quantitative estimate of drug-likeness (QED) is 0.938. The van der Waals surface area contributed by atoms with E-state index in [4.69, 9.17) is 0 Å². The monoisotopic (exact) mass is 325 g/mol. The van der Waals surface area contributed by atoms with E-state index in [0.29, 0.717) is 16.7 Å². The average Bonchev–Trinajstić information content (AvgIpc) is 2.41. The third-order valence-corrected chi connectivity index (χ3v) is 3.49. The molecule has 0 aliphatic carbocycles. The minimum absolute atomic E-state index is 0.188. The zero-order chi connectivity index (χ0) is 13.8. The van der Waals surface area contributed by atoms with E-state index in [-0.39, 0.29) is 11.4 Å². The predicted octanol–water partition coefficient (Wildman–Crippen LogP) is 2.34. The molecule has 1 N–H and O–H groups in total. The van der Waals surface area contributed by atoms with Crippen LogP contribution < -0.4 is 10.9 Å². The Bertz CT molecular complexity index is 625. The van der Waals surface area contributed by atoms with Crippen LogP contribution in [0.1, 0.15) is 5.56 Å². The van der Waals surface area contributed by atoms with Crippen LogP contribution in [0.2, 0.25) is 0 Å². The highest BCUT2D eigenvalue weighted by atomic mass is 79.9. The van der Waals surface area contributed by atoms with Crippen LogP contribution in [0.4, 0.5) is 10.1 Å². The Hall–Kier alpha value is -1.69. The molecule has 2 rings (SSSR count). The summed E-state index contributed by atoms with van der Waals surface area (Å²) in [6, 6.07) is 6.36. The second-order valence-electron chi connectivity index (χ2n) is 4.10. The van der Waals surface area contributed by atoms with Crippen LogP contribution in [0.25, 0.3) is 0 Å². The Morgan fingerprint density at radius 3 is 2.74 bits per heavy atom. The molecule has 0 unspecified atom stereocenters. The van der Waals surface area contributed by atoms with Crippen molar-refractivity contribution in [2.75, 3.05) is 11.9 Å². The number of hydrogen-bond acceptors (Lipinski definition) is 3. The highest BCUT2D eigenvalue weighted by molar-refractivity contribution is 9.10. The predicted molar refractivity (Wildman–Crippen MR) is 75.8 cm³/mol. The molecule has 100 valence electrons. The standard InChI is InChI=1S/C13H13BrFN3O/c1-18-13(19)12(14)11(8-17-18)16-7-6-9-2-4-10(15)5-3-9/h2-5,8,16H,6-7H2,1H3. The zero-order valence-corrected chi connectivity index (χ0v) is 11.9. The first kappa shape index (κ1) is 13.7. The summed E-state index contributed by atoms with van der Waals surface area (Å²) >= 11 is 3.24. The molecule has 0 bridgehead atoms. The number of benzene rings is 1. The molecule has 0 atom stereocenters. The molecular weight excluding hydrogens is 313 g/mol. The van der Waals surface area contributed by atoms with Crippen molar-refractivity contribution in [2.45, 2.75) is 6.42 Å². The fourth-order valence-corrected chi connectivity index (χ4v) is 2.13. The third-order valence-electron chi connectivity index (χ3n) is 2.72. The second-order valence-corrected chi connectivity index (χ2v) is 4.90. The highest BCUT2D eigenvalue weighted by Crippen LogP contribution is 2.15. The molecule has 4 nitrogen and oxygen atoms in total. The van der Waals surface area contributed by atoms with E-state index in [1.54, 1.807) is 25.4 Å². The Kier molecular flexibility index (Phi) is 4.31. The number of halogens is 2. The van der Waals surface area contributed by atoms with Gasteiger partial charge in [0.15, 0.2) is 0 Å². The summed E-state index contributed by atoms with van der Waals surface area (Å²) in [5, 5.41) is 7.07. The van der Waals surface area contributed by atoms with Crippen LogP contribution in [-0.4, -0.2) is 16.3 Å². The number of nitrogens with zero attached hydrogens (tertiary/aromatic N) is 2. The van der Waals surface area contributed by atoms with Crippen LogP contribution in [0, 0.1) is 5.82 Å². The first-order valence-electron chi connectivity index (χ1n) is 5.78. The molecule has 0 aliphatic heterocycles. The molecule has 0 saturated carbocycles. The van der Waals surface area contributed by atoms with E-state index < -0.39 is 0 Å². The van der Waals surface area contributed by atoms with Crippen LogP contribution in [0.5, 0.6) is 0 Å². The fraction of sp³-hybridized carbons (Fsp3) is 0.231. The molecule has 1 heterocycles. The molecule has 0 fully saturated rings. The van der Waals surface area contributed by atoms with Crippen LogP contribution in [-0.2, 0) is 13.5 Å². The van der Waals surface area contributed by atoms with E-state index in [9.17, 15) is 9.18 Å². The van der Waals surface area contributed by atoms with E-state index >= 15 is 0 Å². The van der Waals surface area contributed by atoms with Crippen LogP contribution >= 0.6 is 15.9 Å². The summed E-state index contributed by atoms with van der Waals surface area (Å²) in [7, 11) is 1.59. The first-order valence-corrected chi connectivity index (χ1v) is 6.57. The summed E-state index contributed by atoms with van der Waals surface area (Å²) in [6.07, 6.45) is 2.33. The van der Waals surface area contributed by atoms with E-state index in [1.807, 2.05) is 0 Å². The minimum atomic E-state index is -0.241. The molecule has 6 heteroatoms. The topological polar surface area (TPSA) is 46.9 Å². The van der Waals surface area contributed by atoms with Gasteiger partial charge in [0, 0.05) is 13.6 Å². The van der Waals surface area contributed by atoms with E-state index in [1.165, 1.54) is 16.8 Å². The van der Waals surface area contributed by atoms with Crippen molar-refractivity contribution in [3.8, 4) is 0 Å². The fourth-order valence-electron chi connectivity index (χ4n) is 1.63. The van der Waals surface area contributed by atoms with Gasteiger partial charge < -0.3 is 5.32 Å². The van der Waals surface area contributed by atoms with Crippen LogP contribution in [0.3, 0.4) is 0 Å². The van der Waals surface area contributed by atoms with Crippen molar-refractivity contribution in [1.29, 1.82) is 0 Å². The van der Waals surface area contributed by atoms with E-state index in [2.05, 4.69) is 26.3 Å². The third kappa shape index (κ3) is 3.41. The normalized spacial score (nSPS) is 10.5. The van der Waals surface area contributed by atoms with Gasteiger partial charge in [-0.2, -0.15) is 5.10 Å². The van der Waals surface area contributed by atoms with Crippen molar-refractivity contribution in [1.82, 2.24) is 9.78 Å². The van der Waals surface area contributed by atoms with Gasteiger partial charge in [-0.15, -0.1) is 0 Å². The van der Waals surface area contributed by atoms with Gasteiger partial charge in [0.25, 0.3) is 5.56 Å². The maximum Gasteiger partial charge on any atom is 0.282 e. The number of aromatic nitrogens is 2. The zero-order valence-electron chi connectivity index (χ0n) is 10.4. The van der Waals surface area contributed by atoms with Gasteiger partial charge in [-0.1, -0.05) is 12.1 Å². The molecule has 1 aromatic heterocycles. The molecule has 0 amide bonds. The molecule has 19 heavy (non-hydrogen) atoms. The summed E-state index contributed by atoms with van der Waals surface area (Å²) < 4.78 is 14.5. The van der Waals surface area contributed by atoms with Crippen molar-refractivity contribution in [3.05, 3.63) is 56.7 Å². The average molecular weight is 326 g/mol. The lowest BCUT2D eigenvalue weighted by Crippen LogP contribution is -2.21. The Labute approximate surface area is 118 Å². The van der Waals surface area contributed by atoms with Gasteiger partial charge in [-0.05, 0) is 40.0 Å². The molecule has 0 aliphatic rings. The molecule has 0 saturated heterocycles. The summed E-state index contributed by atoms with van der Waals surface area (Å²) in [4.78, 5) is 11.6. The van der Waals surface area contributed by atoms with Gasteiger partial charge in [-0.3, -0.25) is 4.79 Å². The van der Waals surface area contributed by atoms with Crippen LogP contribution in [0.15, 0.2) is 39.7 Å². The molecule has 1 aromatic carbocycles. The number of rotatable bonds is 4. The molecular formula is C13H13BrFN3O. The maximum absolute atomic E-state index is 12.7. The van der Waals surface area contributed by atoms with Gasteiger partial charge in [0.1, 0.15) is 10.3 Å². The summed E-state index contributed by atoms with van der Waals surface area (Å²) in [5.74, 6) is -0.241. The smallest absolute Gasteiger partial charge is 0.282 e. The minimum Gasteiger partial charge on any atom is -0.382 e. The molecule has 2 aromatic rings. The number of anilines is 1. The SMILES string of the molecule is Cn1ncc(NCCc2ccc(F)cc2)c(Br)c1=O. The Balaban J connectivity index is 1.98. The number of hydrogen-bond donors (Lipinski definition) is 1. The van der Waals surface area contributed by atoms with Crippen molar-refractivity contribution in [2.24, 2.45) is 7.05 Å². The highest BCUT2D eigenvalue weighted by Gasteiger charge is 2.05. The molecule has 0 spiro atoms. The first-order chi connectivity index (χ1) is 9.08. The van der Waals surface area contributed by atoms with Gasteiger partial charge in [0.2, 0.25) is 0 Å². The Morgan fingerprint density at radius 2 is 2.05 bits per heavy atom. The molecule has 0 radical (unpaired) electrons. The summed E-state index contributed by atoms with van der Waals surface area (Å²) in [6.45, 7) is 0.638. The van der Waals surface area contributed by atoms with Gasteiger partial charge in [-0.25, -0.2) is 9.07 Å². The van der Waals surface area contributed by atoms with Gasteiger partial charge >= 0.3 is 0 Å². The number of nitrogens with one attached hydrogen (secondary N) is 1. The lowest BCUT2D eigenvalue weighted by molar-refractivity contribution is 0.627. The maximum atomic E-state index is 12.7. The second kappa shape index (κ2) is 5.97.